The molecule has 5 heteroatoms. The molecule has 0 saturated carbocycles. The van der Waals surface area contributed by atoms with E-state index >= 15 is 0 Å². The van der Waals surface area contributed by atoms with Crippen LogP contribution in [-0.2, 0) is 9.59 Å². The van der Waals surface area contributed by atoms with E-state index in [1.54, 1.807) is 11.8 Å². The number of rotatable bonds is 3. The van der Waals surface area contributed by atoms with Crippen LogP contribution >= 0.6 is 0 Å². The van der Waals surface area contributed by atoms with Crippen molar-refractivity contribution in [1.82, 2.24) is 15.1 Å². The third kappa shape index (κ3) is 2.51. The van der Waals surface area contributed by atoms with E-state index in [4.69, 9.17) is 0 Å². The molecule has 0 aromatic rings. The van der Waals surface area contributed by atoms with Gasteiger partial charge < -0.3 is 15.1 Å². The Morgan fingerprint density at radius 3 is 2.50 bits per heavy atom. The molecular formula is C13H23N3O2. The second kappa shape index (κ2) is 5.69. The van der Waals surface area contributed by atoms with Crippen LogP contribution in [0.25, 0.3) is 0 Å². The molecule has 0 spiro atoms. The lowest BCUT2D eigenvalue weighted by Crippen LogP contribution is -2.50. The van der Waals surface area contributed by atoms with E-state index in [1.165, 1.54) is 0 Å². The summed E-state index contributed by atoms with van der Waals surface area (Å²) in [6.07, 6.45) is 3.91. The minimum atomic E-state index is -0.208. The van der Waals surface area contributed by atoms with Crippen molar-refractivity contribution in [1.29, 1.82) is 0 Å². The Morgan fingerprint density at radius 2 is 1.83 bits per heavy atom. The van der Waals surface area contributed by atoms with Crippen LogP contribution < -0.4 is 5.32 Å². The van der Waals surface area contributed by atoms with Gasteiger partial charge in [0.05, 0.1) is 0 Å². The molecule has 18 heavy (non-hydrogen) atoms. The van der Waals surface area contributed by atoms with Gasteiger partial charge in [-0.2, -0.15) is 0 Å². The molecule has 0 bridgehead atoms. The van der Waals surface area contributed by atoms with Crippen molar-refractivity contribution in [3.05, 3.63) is 0 Å². The van der Waals surface area contributed by atoms with Crippen molar-refractivity contribution in [2.75, 3.05) is 26.7 Å². The minimum Gasteiger partial charge on any atom is -0.337 e. The molecule has 0 radical (unpaired) electrons. The number of carbonyl (C=O) groups excluding carboxylic acids is 2. The number of nitrogens with one attached hydrogen (secondary N) is 1. The maximum Gasteiger partial charge on any atom is 0.245 e. The molecule has 2 saturated heterocycles. The van der Waals surface area contributed by atoms with Crippen LogP contribution in [0.4, 0.5) is 0 Å². The van der Waals surface area contributed by atoms with Crippen molar-refractivity contribution < 1.29 is 9.59 Å². The van der Waals surface area contributed by atoms with Gasteiger partial charge in [0.2, 0.25) is 11.8 Å². The first kappa shape index (κ1) is 13.3. The third-order valence-corrected chi connectivity index (χ3v) is 4.04. The molecule has 2 heterocycles. The Morgan fingerprint density at radius 1 is 1.17 bits per heavy atom. The predicted octanol–water partition coefficient (Wildman–Crippen LogP) is 0.208. The topological polar surface area (TPSA) is 52.7 Å². The molecule has 2 amide bonds. The molecule has 102 valence electrons. The zero-order valence-corrected chi connectivity index (χ0v) is 11.3. The normalized spacial score (nSPS) is 27.9. The van der Waals surface area contributed by atoms with E-state index < -0.39 is 0 Å². The average molecular weight is 253 g/mol. The number of hydrogen-bond acceptors (Lipinski definition) is 3. The lowest BCUT2D eigenvalue weighted by atomic mass is 10.1. The molecule has 2 aliphatic rings. The fourth-order valence-electron chi connectivity index (χ4n) is 3.17. The highest BCUT2D eigenvalue weighted by Gasteiger charge is 2.38. The molecule has 2 unspecified atom stereocenters. The third-order valence-electron chi connectivity index (χ3n) is 4.04. The van der Waals surface area contributed by atoms with E-state index in [0.717, 1.165) is 45.3 Å². The van der Waals surface area contributed by atoms with Gasteiger partial charge in [-0.05, 0) is 32.7 Å². The lowest BCUT2D eigenvalue weighted by molar-refractivity contribution is -0.143. The predicted molar refractivity (Wildman–Crippen MR) is 69.1 cm³/mol. The number of carbonyl (C=O) groups is 2. The number of likely N-dealkylation sites (tertiary alicyclic amines) is 2. The molecule has 2 fully saturated rings. The highest BCUT2D eigenvalue weighted by atomic mass is 16.2. The summed E-state index contributed by atoms with van der Waals surface area (Å²) in [6, 6.07) is 0.0943. The highest BCUT2D eigenvalue weighted by molar-refractivity contribution is 5.87. The van der Waals surface area contributed by atoms with E-state index in [9.17, 15) is 9.59 Å². The van der Waals surface area contributed by atoms with Gasteiger partial charge in [-0.3, -0.25) is 9.59 Å². The van der Waals surface area contributed by atoms with Crippen LogP contribution in [-0.4, -0.2) is 60.4 Å². The van der Waals surface area contributed by atoms with Crippen molar-refractivity contribution >= 4 is 11.8 Å². The highest BCUT2D eigenvalue weighted by Crippen LogP contribution is 2.24. The molecule has 2 rings (SSSR count). The molecule has 2 atom stereocenters. The maximum atomic E-state index is 12.6. The van der Waals surface area contributed by atoms with Crippen LogP contribution in [0.2, 0.25) is 0 Å². The summed E-state index contributed by atoms with van der Waals surface area (Å²) >= 11 is 0. The summed E-state index contributed by atoms with van der Waals surface area (Å²) in [7, 11) is 1.92. The van der Waals surface area contributed by atoms with Gasteiger partial charge in [0, 0.05) is 32.6 Å². The molecule has 2 aliphatic heterocycles. The molecule has 1 N–H and O–H groups in total. The van der Waals surface area contributed by atoms with E-state index in [1.807, 2.05) is 11.9 Å². The zero-order valence-electron chi connectivity index (χ0n) is 11.3. The van der Waals surface area contributed by atoms with Gasteiger partial charge in [-0.1, -0.05) is 0 Å². The van der Waals surface area contributed by atoms with Gasteiger partial charge in [0.1, 0.15) is 6.04 Å². The first-order chi connectivity index (χ1) is 8.65. The van der Waals surface area contributed by atoms with Crippen molar-refractivity contribution in [3.8, 4) is 0 Å². The van der Waals surface area contributed by atoms with Gasteiger partial charge in [0.15, 0.2) is 0 Å². The summed E-state index contributed by atoms with van der Waals surface area (Å²) in [5.74, 6) is 0.177. The molecule has 0 aromatic heterocycles. The molecule has 0 aliphatic carbocycles. The fourth-order valence-corrected chi connectivity index (χ4v) is 3.17. The lowest BCUT2D eigenvalue weighted by Gasteiger charge is -2.31. The second-order valence-electron chi connectivity index (χ2n) is 5.26. The largest absolute Gasteiger partial charge is 0.337 e. The van der Waals surface area contributed by atoms with Crippen LogP contribution in [0.15, 0.2) is 0 Å². The van der Waals surface area contributed by atoms with Crippen LogP contribution in [0.3, 0.4) is 0 Å². The van der Waals surface area contributed by atoms with E-state index in [2.05, 4.69) is 5.32 Å². The summed E-state index contributed by atoms with van der Waals surface area (Å²) in [4.78, 5) is 27.8. The molecule has 5 nitrogen and oxygen atoms in total. The Hall–Kier alpha value is -1.10. The summed E-state index contributed by atoms with van der Waals surface area (Å²) in [5.41, 5.74) is 0. The van der Waals surface area contributed by atoms with Crippen LogP contribution in [0.5, 0.6) is 0 Å². The van der Waals surface area contributed by atoms with Crippen molar-refractivity contribution in [2.24, 2.45) is 0 Å². The van der Waals surface area contributed by atoms with Gasteiger partial charge in [-0.15, -0.1) is 0 Å². The fraction of sp³-hybridized carbons (Fsp3) is 0.846. The minimum absolute atomic E-state index is 0.0233. The number of hydrogen-bond donors (Lipinski definition) is 1. The second-order valence-corrected chi connectivity index (χ2v) is 5.26. The Kier molecular flexibility index (Phi) is 4.22. The maximum absolute atomic E-state index is 12.6. The Bertz CT molecular complexity index is 332. The van der Waals surface area contributed by atoms with Crippen molar-refractivity contribution in [2.45, 2.75) is 44.7 Å². The smallest absolute Gasteiger partial charge is 0.245 e. The monoisotopic (exact) mass is 253 g/mol. The van der Waals surface area contributed by atoms with Gasteiger partial charge in [-0.25, -0.2) is 0 Å². The SMILES string of the molecule is CNCC1CCCN1C(=O)C1CCCN1C(C)=O. The Balaban J connectivity index is 2.03. The summed E-state index contributed by atoms with van der Waals surface area (Å²) in [5, 5.41) is 3.14. The number of likely N-dealkylation sites (N-methyl/N-ethyl adjacent to an activating group) is 1. The van der Waals surface area contributed by atoms with Crippen molar-refractivity contribution in [3.63, 3.8) is 0 Å². The average Bonchev–Trinajstić information content (AvgIpc) is 2.96. The Labute approximate surface area is 108 Å². The molecule has 0 aromatic carbocycles. The number of nitrogens with zero attached hydrogens (tertiary/aromatic N) is 2. The summed E-state index contributed by atoms with van der Waals surface area (Å²) < 4.78 is 0. The molecular weight excluding hydrogens is 230 g/mol. The zero-order chi connectivity index (χ0) is 13.1. The quantitative estimate of drug-likeness (QED) is 0.782. The first-order valence-corrected chi connectivity index (χ1v) is 6.87. The number of amides is 2. The standard InChI is InChI=1S/C13H23N3O2/c1-10(17)15-7-4-6-12(15)13(18)16-8-3-5-11(16)9-14-2/h11-12,14H,3-9H2,1-2H3. The van der Waals surface area contributed by atoms with Gasteiger partial charge in [0.25, 0.3) is 0 Å². The van der Waals surface area contributed by atoms with Crippen LogP contribution in [0, 0.1) is 0 Å². The van der Waals surface area contributed by atoms with E-state index in [-0.39, 0.29) is 17.9 Å². The van der Waals surface area contributed by atoms with Crippen LogP contribution in [0.1, 0.15) is 32.6 Å². The van der Waals surface area contributed by atoms with E-state index in [0.29, 0.717) is 6.04 Å². The first-order valence-electron chi connectivity index (χ1n) is 6.87. The summed E-state index contributed by atoms with van der Waals surface area (Å²) in [6.45, 7) is 3.98. The van der Waals surface area contributed by atoms with Gasteiger partial charge >= 0.3 is 0 Å².